The van der Waals surface area contributed by atoms with E-state index in [1.54, 1.807) is 24.3 Å². The largest absolute Gasteiger partial charge is 0.300 e. The zero-order chi connectivity index (χ0) is 13.4. The Morgan fingerprint density at radius 3 is 2.74 bits per heavy atom. The van der Waals surface area contributed by atoms with Gasteiger partial charge in [0.25, 0.3) is 0 Å². The van der Waals surface area contributed by atoms with Gasteiger partial charge in [0.05, 0.1) is 11.4 Å². The standard InChI is InChI=1S/C12H10ClN5O/c1-7-10-11(16-15-7)12(19)18(6-14-10)17-9-4-2-8(13)3-5-9/h2-6,17H,1H3,(H,15,16). The van der Waals surface area contributed by atoms with Crippen molar-refractivity contribution in [2.75, 3.05) is 5.43 Å². The van der Waals surface area contributed by atoms with Crippen molar-refractivity contribution >= 4 is 28.3 Å². The molecule has 3 rings (SSSR count). The van der Waals surface area contributed by atoms with Gasteiger partial charge in [-0.2, -0.15) is 5.10 Å². The summed E-state index contributed by atoms with van der Waals surface area (Å²) in [6, 6.07) is 7.02. The lowest BCUT2D eigenvalue weighted by atomic mass is 10.3. The summed E-state index contributed by atoms with van der Waals surface area (Å²) in [5, 5.41) is 7.33. The van der Waals surface area contributed by atoms with E-state index in [1.807, 2.05) is 6.92 Å². The lowest BCUT2D eigenvalue weighted by Gasteiger charge is -2.08. The smallest absolute Gasteiger partial charge is 0.290 e. The van der Waals surface area contributed by atoms with Crippen LogP contribution in [0.4, 0.5) is 5.69 Å². The number of nitrogens with zero attached hydrogens (tertiary/aromatic N) is 3. The van der Waals surface area contributed by atoms with Crippen LogP contribution >= 0.6 is 11.6 Å². The Hall–Kier alpha value is -2.34. The van der Waals surface area contributed by atoms with E-state index in [0.29, 0.717) is 16.1 Å². The summed E-state index contributed by atoms with van der Waals surface area (Å²) in [6.45, 7) is 1.82. The second-order valence-electron chi connectivity index (χ2n) is 4.08. The molecule has 7 heteroatoms. The minimum Gasteiger partial charge on any atom is -0.290 e. The Bertz CT molecular complexity index is 790. The van der Waals surface area contributed by atoms with Gasteiger partial charge in [0.2, 0.25) is 0 Å². The molecule has 2 heterocycles. The Morgan fingerprint density at radius 2 is 2.00 bits per heavy atom. The number of hydrogen-bond donors (Lipinski definition) is 2. The zero-order valence-corrected chi connectivity index (χ0v) is 10.8. The van der Waals surface area contributed by atoms with Crippen LogP contribution in [-0.4, -0.2) is 19.9 Å². The molecule has 0 aliphatic carbocycles. The number of halogens is 1. The van der Waals surface area contributed by atoms with Gasteiger partial charge in [0.1, 0.15) is 11.8 Å². The number of rotatable bonds is 2. The van der Waals surface area contributed by atoms with Gasteiger partial charge in [-0.1, -0.05) is 11.6 Å². The van der Waals surface area contributed by atoms with Crippen molar-refractivity contribution < 1.29 is 0 Å². The third-order valence-corrected chi connectivity index (χ3v) is 2.98. The first kappa shape index (κ1) is 11.7. The molecule has 0 amide bonds. The molecular weight excluding hydrogens is 266 g/mol. The van der Waals surface area contributed by atoms with E-state index in [1.165, 1.54) is 11.0 Å². The fraction of sp³-hybridized carbons (Fsp3) is 0.0833. The van der Waals surface area contributed by atoms with E-state index in [-0.39, 0.29) is 5.56 Å². The van der Waals surface area contributed by atoms with Gasteiger partial charge in [0.15, 0.2) is 5.52 Å². The molecule has 6 nitrogen and oxygen atoms in total. The summed E-state index contributed by atoms with van der Waals surface area (Å²) < 4.78 is 1.28. The molecule has 0 bridgehead atoms. The van der Waals surface area contributed by atoms with E-state index in [4.69, 9.17) is 11.6 Å². The highest BCUT2D eigenvalue weighted by Crippen LogP contribution is 2.13. The van der Waals surface area contributed by atoms with Crippen molar-refractivity contribution in [3.8, 4) is 0 Å². The number of aryl methyl sites for hydroxylation is 1. The second kappa shape index (κ2) is 4.40. The zero-order valence-electron chi connectivity index (χ0n) is 10.0. The van der Waals surface area contributed by atoms with Gasteiger partial charge in [-0.3, -0.25) is 15.3 Å². The highest BCUT2D eigenvalue weighted by molar-refractivity contribution is 6.30. The fourth-order valence-electron chi connectivity index (χ4n) is 1.76. The maximum absolute atomic E-state index is 12.2. The fourth-order valence-corrected chi connectivity index (χ4v) is 1.88. The summed E-state index contributed by atoms with van der Waals surface area (Å²) in [5.74, 6) is 0. The normalized spacial score (nSPS) is 10.8. The molecule has 0 atom stereocenters. The predicted molar refractivity (Wildman–Crippen MR) is 73.4 cm³/mol. The van der Waals surface area contributed by atoms with Crippen molar-refractivity contribution in [2.45, 2.75) is 6.92 Å². The number of nitrogens with one attached hydrogen (secondary N) is 2. The maximum atomic E-state index is 12.2. The molecule has 1 aromatic carbocycles. The lowest BCUT2D eigenvalue weighted by molar-refractivity contribution is 0.876. The second-order valence-corrected chi connectivity index (χ2v) is 4.52. The van der Waals surface area contributed by atoms with E-state index < -0.39 is 0 Å². The van der Waals surface area contributed by atoms with Crippen LogP contribution in [0.2, 0.25) is 5.02 Å². The molecule has 0 saturated carbocycles. The van der Waals surface area contributed by atoms with E-state index in [9.17, 15) is 4.79 Å². The molecule has 2 N–H and O–H groups in total. The Morgan fingerprint density at radius 1 is 1.26 bits per heavy atom. The first-order valence-electron chi connectivity index (χ1n) is 5.60. The third kappa shape index (κ3) is 2.06. The van der Waals surface area contributed by atoms with Gasteiger partial charge < -0.3 is 0 Å². The average molecular weight is 276 g/mol. The molecule has 0 radical (unpaired) electrons. The Balaban J connectivity index is 2.04. The van der Waals surface area contributed by atoms with Crippen molar-refractivity contribution in [3.63, 3.8) is 0 Å². The monoisotopic (exact) mass is 275 g/mol. The van der Waals surface area contributed by atoms with Crippen molar-refractivity contribution in [2.24, 2.45) is 0 Å². The summed E-state index contributed by atoms with van der Waals surface area (Å²) >= 11 is 5.80. The van der Waals surface area contributed by atoms with Crippen LogP contribution < -0.4 is 11.0 Å². The lowest BCUT2D eigenvalue weighted by Crippen LogP contribution is -2.26. The summed E-state index contributed by atoms with van der Waals surface area (Å²) in [7, 11) is 0. The molecule has 0 unspecified atom stereocenters. The molecule has 96 valence electrons. The van der Waals surface area contributed by atoms with Gasteiger partial charge >= 0.3 is 5.56 Å². The predicted octanol–water partition coefficient (Wildman–Crippen LogP) is 1.96. The van der Waals surface area contributed by atoms with Crippen LogP contribution in [0.3, 0.4) is 0 Å². The SMILES string of the molecule is Cc1[nH]nc2c(=O)n(Nc3ccc(Cl)cc3)cnc12. The maximum Gasteiger partial charge on any atom is 0.300 e. The third-order valence-electron chi connectivity index (χ3n) is 2.73. The molecule has 0 aliphatic rings. The van der Waals surface area contributed by atoms with E-state index in [2.05, 4.69) is 20.6 Å². The highest BCUT2D eigenvalue weighted by Gasteiger charge is 2.09. The van der Waals surface area contributed by atoms with Crippen LogP contribution in [0.15, 0.2) is 35.4 Å². The highest BCUT2D eigenvalue weighted by atomic mass is 35.5. The summed E-state index contributed by atoms with van der Waals surface area (Å²) in [5.41, 5.74) is 5.06. The first-order valence-corrected chi connectivity index (χ1v) is 5.98. The Kier molecular flexibility index (Phi) is 2.72. The average Bonchev–Trinajstić information content (AvgIpc) is 2.78. The minimum absolute atomic E-state index is 0.260. The van der Waals surface area contributed by atoms with Crippen LogP contribution in [0, 0.1) is 6.92 Å². The molecule has 0 saturated heterocycles. The van der Waals surface area contributed by atoms with E-state index >= 15 is 0 Å². The van der Waals surface area contributed by atoms with Gasteiger partial charge in [-0.05, 0) is 31.2 Å². The van der Waals surface area contributed by atoms with Crippen LogP contribution in [0.1, 0.15) is 5.69 Å². The van der Waals surface area contributed by atoms with Crippen molar-refractivity contribution in [3.05, 3.63) is 51.7 Å². The molecule has 0 fully saturated rings. The number of aromatic amines is 1. The van der Waals surface area contributed by atoms with Gasteiger partial charge in [-0.25, -0.2) is 9.66 Å². The van der Waals surface area contributed by atoms with Crippen molar-refractivity contribution in [1.29, 1.82) is 0 Å². The topological polar surface area (TPSA) is 75.6 Å². The van der Waals surface area contributed by atoms with Crippen LogP contribution in [0.25, 0.3) is 11.0 Å². The Labute approximate surface area is 113 Å². The molecule has 3 aromatic rings. The van der Waals surface area contributed by atoms with Crippen LogP contribution in [-0.2, 0) is 0 Å². The number of benzene rings is 1. The first-order chi connectivity index (χ1) is 9.15. The van der Waals surface area contributed by atoms with Crippen LogP contribution in [0.5, 0.6) is 0 Å². The number of aromatic nitrogens is 4. The minimum atomic E-state index is -0.260. The summed E-state index contributed by atoms with van der Waals surface area (Å²) in [6.07, 6.45) is 1.43. The number of anilines is 1. The van der Waals surface area contributed by atoms with Gasteiger partial charge in [0, 0.05) is 5.02 Å². The summed E-state index contributed by atoms with van der Waals surface area (Å²) in [4.78, 5) is 16.4. The molecule has 19 heavy (non-hydrogen) atoms. The molecule has 2 aromatic heterocycles. The molecule has 0 aliphatic heterocycles. The molecular formula is C12H10ClN5O. The number of hydrogen-bond acceptors (Lipinski definition) is 4. The number of H-pyrrole nitrogens is 1. The van der Waals surface area contributed by atoms with E-state index in [0.717, 1.165) is 11.4 Å². The quantitative estimate of drug-likeness (QED) is 0.750. The number of fused-ring (bicyclic) bond motifs is 1. The van der Waals surface area contributed by atoms with Gasteiger partial charge in [-0.15, -0.1) is 0 Å². The van der Waals surface area contributed by atoms with Crippen molar-refractivity contribution in [1.82, 2.24) is 19.9 Å². The molecule has 0 spiro atoms.